The Morgan fingerprint density at radius 3 is 2.56 bits per heavy atom. The second-order valence-electron chi connectivity index (χ2n) is 4.30. The summed E-state index contributed by atoms with van der Waals surface area (Å²) < 4.78 is 24.4. The highest BCUT2D eigenvalue weighted by Crippen LogP contribution is 2.22. The van der Waals surface area contributed by atoms with E-state index in [1.165, 1.54) is 0 Å². The summed E-state index contributed by atoms with van der Waals surface area (Å²) in [5.41, 5.74) is 3.27. The van der Waals surface area contributed by atoms with Gasteiger partial charge in [0.25, 0.3) is 0 Å². The normalized spacial score (nSPS) is 28.6. The van der Waals surface area contributed by atoms with Gasteiger partial charge >= 0.3 is 0 Å². The van der Waals surface area contributed by atoms with Crippen LogP contribution >= 0.6 is 0 Å². The van der Waals surface area contributed by atoms with E-state index in [4.69, 9.17) is 4.11 Å². The summed E-state index contributed by atoms with van der Waals surface area (Å²) >= 11 is 0. The summed E-state index contributed by atoms with van der Waals surface area (Å²) in [4.78, 5) is 4.34. The number of aryl methyl sites for hydroxylation is 1. The van der Waals surface area contributed by atoms with Crippen LogP contribution in [0.4, 0.5) is 0 Å². The molecule has 1 nitrogen and oxygen atoms in total. The SMILES string of the molecule is [2H]C1C(C([2H])(C)C)=CN=C(c2ccc(C)cc2)C1[2H]. The first-order chi connectivity index (χ1) is 8.80. The minimum absolute atomic E-state index is 0.600. The van der Waals surface area contributed by atoms with Crippen molar-refractivity contribution in [2.75, 3.05) is 0 Å². The van der Waals surface area contributed by atoms with Gasteiger partial charge in [-0.3, -0.25) is 4.99 Å². The zero-order valence-corrected chi connectivity index (χ0v) is 9.99. The van der Waals surface area contributed by atoms with Gasteiger partial charge in [0.1, 0.15) is 0 Å². The molecule has 0 amide bonds. The van der Waals surface area contributed by atoms with E-state index < -0.39 is 18.7 Å². The van der Waals surface area contributed by atoms with E-state index in [1.807, 2.05) is 31.2 Å². The standard InChI is InChI=1S/C15H19N/c1-11(2)14-8-9-15(16-10-14)13-6-4-12(3)5-7-13/h4-7,10-11H,8-9H2,1-3H3/i8D,9D,11D. The van der Waals surface area contributed by atoms with Crippen molar-refractivity contribution in [2.45, 2.75) is 33.6 Å². The van der Waals surface area contributed by atoms with Crippen molar-refractivity contribution >= 4 is 5.71 Å². The number of rotatable bonds is 2. The fraction of sp³-hybridized carbons (Fsp3) is 0.400. The summed E-state index contributed by atoms with van der Waals surface area (Å²) in [5, 5.41) is 0. The molecule has 0 aromatic heterocycles. The zero-order chi connectivity index (χ0) is 14.2. The van der Waals surface area contributed by atoms with Crippen molar-refractivity contribution in [2.24, 2.45) is 10.9 Å². The highest BCUT2D eigenvalue weighted by molar-refractivity contribution is 6.01. The van der Waals surface area contributed by atoms with Crippen molar-refractivity contribution in [3.63, 3.8) is 0 Å². The predicted octanol–water partition coefficient (Wildman–Crippen LogP) is 4.12. The molecule has 2 unspecified atom stereocenters. The van der Waals surface area contributed by atoms with Gasteiger partial charge in [-0.15, -0.1) is 0 Å². The summed E-state index contributed by atoms with van der Waals surface area (Å²) in [7, 11) is 0. The molecule has 1 aromatic rings. The Labute approximate surface area is 102 Å². The topological polar surface area (TPSA) is 12.4 Å². The molecule has 0 bridgehead atoms. The average Bonchev–Trinajstić information content (AvgIpc) is 2.32. The number of nitrogens with zero attached hydrogens (tertiary/aromatic N) is 1. The fourth-order valence-corrected chi connectivity index (χ4v) is 1.58. The molecule has 16 heavy (non-hydrogen) atoms. The van der Waals surface area contributed by atoms with E-state index in [9.17, 15) is 0 Å². The molecule has 0 saturated heterocycles. The molecule has 0 saturated carbocycles. The van der Waals surface area contributed by atoms with E-state index in [0.717, 1.165) is 11.1 Å². The Morgan fingerprint density at radius 1 is 1.25 bits per heavy atom. The first-order valence-corrected chi connectivity index (χ1v) is 5.50. The lowest BCUT2D eigenvalue weighted by Crippen LogP contribution is -2.07. The molecular formula is C15H19N. The van der Waals surface area contributed by atoms with E-state index in [2.05, 4.69) is 4.99 Å². The van der Waals surface area contributed by atoms with Crippen LogP contribution in [0, 0.1) is 12.8 Å². The van der Waals surface area contributed by atoms with Crippen LogP contribution in [0.15, 0.2) is 41.0 Å². The Balaban J connectivity index is 2.40. The van der Waals surface area contributed by atoms with E-state index in [0.29, 0.717) is 11.3 Å². The third kappa shape index (κ3) is 2.41. The lowest BCUT2D eigenvalue weighted by molar-refractivity contribution is 0.710. The average molecular weight is 216 g/mol. The van der Waals surface area contributed by atoms with Crippen LogP contribution in [0.2, 0.25) is 0 Å². The van der Waals surface area contributed by atoms with Crippen LogP contribution in [0.1, 0.15) is 41.9 Å². The maximum absolute atomic E-state index is 8.19. The monoisotopic (exact) mass is 216 g/mol. The first-order valence-electron chi connectivity index (χ1n) is 7.16. The smallest absolute Gasteiger partial charge is 0.0479 e. The number of aliphatic imine (C=N–C) groups is 1. The van der Waals surface area contributed by atoms with Crippen LogP contribution in [-0.2, 0) is 0 Å². The first kappa shape index (κ1) is 7.83. The second kappa shape index (κ2) is 4.65. The lowest BCUT2D eigenvalue weighted by Gasteiger charge is -2.16. The van der Waals surface area contributed by atoms with Crippen molar-refractivity contribution < 1.29 is 4.11 Å². The highest BCUT2D eigenvalue weighted by atomic mass is 14.7. The molecule has 0 aliphatic carbocycles. The molecule has 1 aliphatic heterocycles. The van der Waals surface area contributed by atoms with Crippen LogP contribution in [-0.4, -0.2) is 5.71 Å². The molecule has 1 heteroatoms. The fourth-order valence-electron chi connectivity index (χ4n) is 1.58. The van der Waals surface area contributed by atoms with Gasteiger partial charge in [0, 0.05) is 16.0 Å². The Bertz CT molecular complexity index is 523. The molecule has 1 aliphatic rings. The van der Waals surface area contributed by atoms with Crippen molar-refractivity contribution in [3.05, 3.63) is 47.2 Å². The molecule has 1 aromatic carbocycles. The number of hydrogen-bond acceptors (Lipinski definition) is 1. The minimum Gasteiger partial charge on any atom is -0.261 e. The molecule has 84 valence electrons. The Hall–Kier alpha value is -1.37. The molecule has 2 rings (SSSR count). The van der Waals surface area contributed by atoms with Gasteiger partial charge in [-0.1, -0.05) is 43.7 Å². The number of allylic oxidation sites excluding steroid dienone is 1. The molecule has 0 fully saturated rings. The third-order valence-electron chi connectivity index (χ3n) is 2.69. The van der Waals surface area contributed by atoms with Crippen molar-refractivity contribution in [3.8, 4) is 0 Å². The molecule has 0 spiro atoms. The van der Waals surface area contributed by atoms with Crippen LogP contribution in [0.5, 0.6) is 0 Å². The van der Waals surface area contributed by atoms with Crippen LogP contribution < -0.4 is 0 Å². The number of benzene rings is 1. The van der Waals surface area contributed by atoms with Crippen molar-refractivity contribution in [1.29, 1.82) is 0 Å². The van der Waals surface area contributed by atoms with E-state index in [-0.39, 0.29) is 0 Å². The lowest BCUT2D eigenvalue weighted by atomic mass is 9.94. The maximum atomic E-state index is 8.19. The van der Waals surface area contributed by atoms with E-state index in [1.54, 1.807) is 20.0 Å². The Kier molecular flexibility index (Phi) is 2.27. The molecular weight excluding hydrogens is 194 g/mol. The quantitative estimate of drug-likeness (QED) is 0.705. The summed E-state index contributed by atoms with van der Waals surface area (Å²) in [6.07, 6.45) is 0.152. The van der Waals surface area contributed by atoms with Gasteiger partial charge in [-0.25, -0.2) is 0 Å². The van der Waals surface area contributed by atoms with Crippen molar-refractivity contribution in [1.82, 2.24) is 0 Å². The zero-order valence-electron chi connectivity index (χ0n) is 13.0. The second-order valence-corrected chi connectivity index (χ2v) is 4.30. The van der Waals surface area contributed by atoms with Gasteiger partial charge in [-0.05, 0) is 36.7 Å². The van der Waals surface area contributed by atoms with Gasteiger partial charge in [0.05, 0.1) is 0 Å². The van der Waals surface area contributed by atoms with Gasteiger partial charge in [-0.2, -0.15) is 0 Å². The summed E-state index contributed by atoms with van der Waals surface area (Å²) in [6, 6.07) is 7.84. The van der Waals surface area contributed by atoms with Gasteiger partial charge in [0.2, 0.25) is 0 Å². The summed E-state index contributed by atoms with van der Waals surface area (Å²) in [6.45, 7) is 5.48. The predicted molar refractivity (Wildman–Crippen MR) is 69.9 cm³/mol. The van der Waals surface area contributed by atoms with Gasteiger partial charge < -0.3 is 0 Å². The Morgan fingerprint density at radius 2 is 1.94 bits per heavy atom. The minimum atomic E-state index is -0.853. The molecule has 1 heterocycles. The van der Waals surface area contributed by atoms with Crippen LogP contribution in [0.3, 0.4) is 0 Å². The third-order valence-corrected chi connectivity index (χ3v) is 2.69. The van der Waals surface area contributed by atoms with Gasteiger partial charge in [0.15, 0.2) is 0 Å². The molecule has 0 radical (unpaired) electrons. The maximum Gasteiger partial charge on any atom is 0.0479 e. The number of hydrogen-bond donors (Lipinski definition) is 0. The summed E-state index contributed by atoms with van der Waals surface area (Å²) in [5.74, 6) is -0.853. The molecule has 2 atom stereocenters. The van der Waals surface area contributed by atoms with E-state index >= 15 is 0 Å². The largest absolute Gasteiger partial charge is 0.261 e. The molecule has 0 N–H and O–H groups in total. The van der Waals surface area contributed by atoms with Crippen LogP contribution in [0.25, 0.3) is 0 Å². The highest BCUT2D eigenvalue weighted by Gasteiger charge is 2.11.